The van der Waals surface area contributed by atoms with Crippen LogP contribution >= 0.6 is 11.6 Å². The molecule has 0 saturated heterocycles. The minimum Gasteiger partial charge on any atom is -0.506 e. The van der Waals surface area contributed by atoms with E-state index in [2.05, 4.69) is 5.32 Å². The Kier molecular flexibility index (Phi) is 3.71. The third-order valence-corrected chi connectivity index (χ3v) is 2.88. The van der Waals surface area contributed by atoms with E-state index in [1.165, 1.54) is 30.3 Å². The van der Waals surface area contributed by atoms with Crippen LogP contribution in [0.1, 0.15) is 15.9 Å². The molecule has 1 amide bonds. The van der Waals surface area contributed by atoms with E-state index in [4.69, 9.17) is 11.6 Å². The molecule has 2 rings (SSSR count). The smallest absolute Gasteiger partial charge is 0.258 e. The van der Waals surface area contributed by atoms with Gasteiger partial charge < -0.3 is 10.4 Å². The lowest BCUT2D eigenvalue weighted by atomic mass is 10.1. The Morgan fingerprint density at radius 3 is 2.63 bits per heavy atom. The Hall–Kier alpha value is -2.07. The molecule has 3 nitrogen and oxygen atoms in total. The number of rotatable bonds is 2. The second-order valence-electron chi connectivity index (χ2n) is 4.10. The molecule has 0 bridgehead atoms. The third-order valence-electron chi connectivity index (χ3n) is 2.57. The second-order valence-corrected chi connectivity index (χ2v) is 4.51. The van der Waals surface area contributed by atoms with Gasteiger partial charge in [0.15, 0.2) is 0 Å². The van der Waals surface area contributed by atoms with Crippen molar-refractivity contribution in [3.05, 3.63) is 58.4 Å². The first kappa shape index (κ1) is 13.4. The Morgan fingerprint density at radius 2 is 2.00 bits per heavy atom. The molecule has 2 N–H and O–H groups in total. The van der Waals surface area contributed by atoms with Crippen molar-refractivity contribution in [2.45, 2.75) is 6.92 Å². The quantitative estimate of drug-likeness (QED) is 0.823. The summed E-state index contributed by atoms with van der Waals surface area (Å²) in [5.74, 6) is -1.23. The zero-order valence-corrected chi connectivity index (χ0v) is 10.8. The van der Waals surface area contributed by atoms with Crippen molar-refractivity contribution in [1.82, 2.24) is 0 Å². The molecule has 2 aromatic carbocycles. The zero-order valence-electron chi connectivity index (χ0n) is 10.1. The second kappa shape index (κ2) is 5.28. The summed E-state index contributed by atoms with van der Waals surface area (Å²) in [5, 5.41) is 11.9. The van der Waals surface area contributed by atoms with Crippen LogP contribution in [0.4, 0.5) is 10.1 Å². The number of hydrogen-bond acceptors (Lipinski definition) is 2. The molecule has 0 saturated carbocycles. The summed E-state index contributed by atoms with van der Waals surface area (Å²) in [6, 6.07) is 8.58. The number of benzene rings is 2. The molecule has 0 unspecified atom stereocenters. The van der Waals surface area contributed by atoms with Crippen LogP contribution < -0.4 is 5.32 Å². The average Bonchev–Trinajstić information content (AvgIpc) is 2.33. The van der Waals surface area contributed by atoms with Crippen molar-refractivity contribution in [3.63, 3.8) is 0 Å². The molecule has 0 aliphatic carbocycles. The molecule has 0 spiro atoms. The standard InChI is InChI=1S/C14H11ClFNO2/c1-8-2-4-10(12(16)6-8)14(19)17-9-3-5-13(18)11(15)7-9/h2-7,18H,1H3,(H,17,19). The van der Waals surface area contributed by atoms with Crippen LogP contribution in [0.15, 0.2) is 36.4 Å². The Bertz CT molecular complexity index is 643. The number of carbonyl (C=O) groups excluding carboxylic acids is 1. The highest BCUT2D eigenvalue weighted by atomic mass is 35.5. The molecule has 5 heteroatoms. The average molecular weight is 280 g/mol. The fourth-order valence-electron chi connectivity index (χ4n) is 1.59. The lowest BCUT2D eigenvalue weighted by Crippen LogP contribution is -2.13. The maximum absolute atomic E-state index is 13.6. The number of hydrogen-bond donors (Lipinski definition) is 2. The topological polar surface area (TPSA) is 49.3 Å². The maximum Gasteiger partial charge on any atom is 0.258 e. The summed E-state index contributed by atoms with van der Waals surface area (Å²) in [6.07, 6.45) is 0. The Balaban J connectivity index is 2.23. The predicted octanol–water partition coefficient (Wildman–Crippen LogP) is 3.75. The van der Waals surface area contributed by atoms with Crippen LogP contribution in [-0.2, 0) is 0 Å². The van der Waals surface area contributed by atoms with Crippen molar-refractivity contribution >= 4 is 23.2 Å². The molecule has 0 fully saturated rings. The van der Waals surface area contributed by atoms with Crippen LogP contribution in [-0.4, -0.2) is 11.0 Å². The zero-order chi connectivity index (χ0) is 14.0. The summed E-state index contributed by atoms with van der Waals surface area (Å²) in [6.45, 7) is 1.74. The summed E-state index contributed by atoms with van der Waals surface area (Å²) in [7, 11) is 0. The predicted molar refractivity (Wildman–Crippen MR) is 72.2 cm³/mol. The summed E-state index contributed by atoms with van der Waals surface area (Å²) in [4.78, 5) is 11.9. The van der Waals surface area contributed by atoms with Gasteiger partial charge in [-0.2, -0.15) is 0 Å². The van der Waals surface area contributed by atoms with Gasteiger partial charge in [-0.3, -0.25) is 4.79 Å². The van der Waals surface area contributed by atoms with Crippen molar-refractivity contribution in [3.8, 4) is 5.75 Å². The van der Waals surface area contributed by atoms with Gasteiger partial charge in [0.25, 0.3) is 5.91 Å². The molecule has 0 heterocycles. The van der Waals surface area contributed by atoms with Gasteiger partial charge in [0.1, 0.15) is 11.6 Å². The van der Waals surface area contributed by atoms with Gasteiger partial charge in [0.2, 0.25) is 0 Å². The number of anilines is 1. The van der Waals surface area contributed by atoms with E-state index >= 15 is 0 Å². The van der Waals surface area contributed by atoms with Crippen LogP contribution in [0.3, 0.4) is 0 Å². The van der Waals surface area contributed by atoms with E-state index in [9.17, 15) is 14.3 Å². The Labute approximate surface area is 114 Å². The molecule has 0 aliphatic rings. The van der Waals surface area contributed by atoms with Gasteiger partial charge in [-0.05, 0) is 42.8 Å². The molecular weight excluding hydrogens is 269 g/mol. The van der Waals surface area contributed by atoms with Crippen molar-refractivity contribution < 1.29 is 14.3 Å². The minimum absolute atomic E-state index is 0.0465. The normalized spacial score (nSPS) is 10.3. The van der Waals surface area contributed by atoms with Crippen molar-refractivity contribution in [2.24, 2.45) is 0 Å². The molecule has 0 radical (unpaired) electrons. The minimum atomic E-state index is -0.581. The number of phenolic OH excluding ortho intramolecular Hbond substituents is 1. The van der Waals surface area contributed by atoms with E-state index < -0.39 is 11.7 Å². The highest BCUT2D eigenvalue weighted by Gasteiger charge is 2.12. The lowest BCUT2D eigenvalue weighted by Gasteiger charge is -2.07. The molecule has 0 atom stereocenters. The number of aromatic hydroxyl groups is 1. The molecule has 98 valence electrons. The van der Waals surface area contributed by atoms with Gasteiger partial charge in [-0.15, -0.1) is 0 Å². The number of nitrogens with one attached hydrogen (secondary N) is 1. The number of amides is 1. The first-order valence-corrected chi connectivity index (χ1v) is 5.91. The van der Waals surface area contributed by atoms with Gasteiger partial charge in [-0.1, -0.05) is 17.7 Å². The summed E-state index contributed by atoms with van der Waals surface area (Å²) in [5.41, 5.74) is 1.07. The van der Waals surface area contributed by atoms with Gasteiger partial charge in [0, 0.05) is 5.69 Å². The maximum atomic E-state index is 13.6. The largest absolute Gasteiger partial charge is 0.506 e. The first-order chi connectivity index (χ1) is 8.97. The SMILES string of the molecule is Cc1ccc(C(=O)Nc2ccc(O)c(Cl)c2)c(F)c1. The summed E-state index contributed by atoms with van der Waals surface area (Å²) < 4.78 is 13.6. The van der Waals surface area contributed by atoms with E-state index in [0.717, 1.165) is 5.56 Å². The third kappa shape index (κ3) is 3.03. The summed E-state index contributed by atoms with van der Waals surface area (Å²) >= 11 is 5.72. The van der Waals surface area contributed by atoms with E-state index in [0.29, 0.717) is 5.69 Å². The number of halogens is 2. The highest BCUT2D eigenvalue weighted by Crippen LogP contribution is 2.26. The fraction of sp³-hybridized carbons (Fsp3) is 0.0714. The number of carbonyl (C=O) groups is 1. The molecule has 19 heavy (non-hydrogen) atoms. The molecule has 0 aromatic heterocycles. The van der Waals surface area contributed by atoms with E-state index in [-0.39, 0.29) is 16.3 Å². The molecule has 2 aromatic rings. The monoisotopic (exact) mass is 279 g/mol. The number of phenols is 1. The first-order valence-electron chi connectivity index (χ1n) is 5.53. The lowest BCUT2D eigenvalue weighted by molar-refractivity contribution is 0.102. The van der Waals surface area contributed by atoms with E-state index in [1.807, 2.05) is 0 Å². The van der Waals surface area contributed by atoms with Crippen LogP contribution in [0.25, 0.3) is 0 Å². The van der Waals surface area contributed by atoms with Crippen molar-refractivity contribution in [1.29, 1.82) is 0 Å². The Morgan fingerprint density at radius 1 is 1.26 bits per heavy atom. The van der Waals surface area contributed by atoms with E-state index in [1.54, 1.807) is 13.0 Å². The number of aryl methyl sites for hydroxylation is 1. The van der Waals surface area contributed by atoms with Crippen LogP contribution in [0, 0.1) is 12.7 Å². The molecular formula is C14H11ClFNO2. The van der Waals surface area contributed by atoms with Crippen LogP contribution in [0.5, 0.6) is 5.75 Å². The fourth-order valence-corrected chi connectivity index (χ4v) is 1.77. The van der Waals surface area contributed by atoms with Gasteiger partial charge >= 0.3 is 0 Å². The van der Waals surface area contributed by atoms with Crippen LogP contribution in [0.2, 0.25) is 5.02 Å². The van der Waals surface area contributed by atoms with Crippen molar-refractivity contribution in [2.75, 3.05) is 5.32 Å². The van der Waals surface area contributed by atoms with Gasteiger partial charge in [-0.25, -0.2) is 4.39 Å². The van der Waals surface area contributed by atoms with Gasteiger partial charge in [0.05, 0.1) is 10.6 Å². The highest BCUT2D eigenvalue weighted by molar-refractivity contribution is 6.32. The molecule has 0 aliphatic heterocycles.